The van der Waals surface area contributed by atoms with E-state index in [0.29, 0.717) is 56.7 Å². The van der Waals surface area contributed by atoms with Crippen LogP contribution >= 0.6 is 0 Å². The number of nitrogens with zero attached hydrogens (tertiary/aromatic N) is 6. The number of amides is 2. The van der Waals surface area contributed by atoms with E-state index in [1.165, 1.54) is 0 Å². The molecule has 0 spiro atoms. The zero-order valence-electron chi connectivity index (χ0n) is 22.4. The SMILES string of the molecule is CC(C)(C)OC(=O)N1CCN(c2ccnc(-n3ccnn3)c2)C(CC(=O)NCc2ccc3c(c2)OCCO3)C1. The number of pyridine rings is 1. The lowest BCUT2D eigenvalue weighted by molar-refractivity contribution is -0.121. The van der Waals surface area contributed by atoms with Crippen molar-refractivity contribution < 1.29 is 23.8 Å². The van der Waals surface area contributed by atoms with Gasteiger partial charge in [0.2, 0.25) is 5.91 Å². The second-order valence-electron chi connectivity index (χ2n) is 10.5. The van der Waals surface area contributed by atoms with Gasteiger partial charge in [0.25, 0.3) is 0 Å². The number of carbonyl (C=O) groups is 2. The van der Waals surface area contributed by atoms with Gasteiger partial charge in [0.15, 0.2) is 17.3 Å². The van der Waals surface area contributed by atoms with Gasteiger partial charge >= 0.3 is 6.09 Å². The number of fused-ring (bicyclic) bond motifs is 1. The van der Waals surface area contributed by atoms with E-state index in [1.807, 2.05) is 51.1 Å². The highest BCUT2D eigenvalue weighted by molar-refractivity contribution is 5.78. The zero-order valence-corrected chi connectivity index (χ0v) is 22.4. The number of carbonyl (C=O) groups excluding carboxylic acids is 2. The highest BCUT2D eigenvalue weighted by Crippen LogP contribution is 2.31. The molecule has 0 radical (unpaired) electrons. The number of benzene rings is 1. The summed E-state index contributed by atoms with van der Waals surface area (Å²) < 4.78 is 18.4. The number of ether oxygens (including phenoxy) is 3. The maximum absolute atomic E-state index is 13.1. The van der Waals surface area contributed by atoms with Crippen LogP contribution in [0.3, 0.4) is 0 Å². The van der Waals surface area contributed by atoms with Crippen LogP contribution in [-0.2, 0) is 16.1 Å². The molecule has 0 saturated carbocycles. The number of hydrogen-bond acceptors (Lipinski definition) is 9. The van der Waals surface area contributed by atoms with Crippen molar-refractivity contribution in [1.82, 2.24) is 30.2 Å². The van der Waals surface area contributed by atoms with Gasteiger partial charge in [-0.3, -0.25) is 4.79 Å². The van der Waals surface area contributed by atoms with Crippen LogP contribution in [0.1, 0.15) is 32.8 Å². The number of anilines is 1. The van der Waals surface area contributed by atoms with E-state index in [9.17, 15) is 9.59 Å². The first-order chi connectivity index (χ1) is 18.7. The van der Waals surface area contributed by atoms with Crippen molar-refractivity contribution >= 4 is 17.7 Å². The van der Waals surface area contributed by atoms with Crippen molar-refractivity contribution in [1.29, 1.82) is 0 Å². The largest absolute Gasteiger partial charge is 0.486 e. The first kappa shape index (κ1) is 26.3. The van der Waals surface area contributed by atoms with Crippen molar-refractivity contribution in [2.75, 3.05) is 37.7 Å². The van der Waals surface area contributed by atoms with E-state index in [0.717, 1.165) is 11.3 Å². The monoisotopic (exact) mass is 535 g/mol. The smallest absolute Gasteiger partial charge is 0.410 e. The van der Waals surface area contributed by atoms with Gasteiger partial charge in [0.1, 0.15) is 18.8 Å². The van der Waals surface area contributed by atoms with Gasteiger partial charge in [-0.05, 0) is 44.5 Å². The lowest BCUT2D eigenvalue weighted by Crippen LogP contribution is -2.56. The van der Waals surface area contributed by atoms with Gasteiger partial charge in [-0.2, -0.15) is 0 Å². The zero-order chi connectivity index (χ0) is 27.4. The first-order valence-corrected chi connectivity index (χ1v) is 13.0. The average Bonchev–Trinajstić information content (AvgIpc) is 3.46. The Hall–Kier alpha value is -4.35. The van der Waals surface area contributed by atoms with Gasteiger partial charge in [0.05, 0.1) is 18.4 Å². The van der Waals surface area contributed by atoms with Crippen molar-refractivity contribution in [3.05, 3.63) is 54.5 Å². The second-order valence-corrected chi connectivity index (χ2v) is 10.5. The molecule has 2 aliphatic heterocycles. The Morgan fingerprint density at radius 3 is 2.67 bits per heavy atom. The molecular weight excluding hydrogens is 502 g/mol. The number of hydrogen-bond donors (Lipinski definition) is 1. The molecule has 1 N–H and O–H groups in total. The summed E-state index contributed by atoms with van der Waals surface area (Å²) in [7, 11) is 0. The summed E-state index contributed by atoms with van der Waals surface area (Å²) in [5.74, 6) is 1.87. The number of piperazine rings is 1. The molecule has 0 aliphatic carbocycles. The van der Waals surface area contributed by atoms with Crippen LogP contribution in [-0.4, -0.2) is 81.4 Å². The summed E-state index contributed by atoms with van der Waals surface area (Å²) in [6.45, 7) is 8.23. The Morgan fingerprint density at radius 2 is 1.90 bits per heavy atom. The van der Waals surface area contributed by atoms with Gasteiger partial charge in [-0.25, -0.2) is 14.5 Å². The van der Waals surface area contributed by atoms with Gasteiger partial charge in [-0.1, -0.05) is 11.3 Å². The summed E-state index contributed by atoms with van der Waals surface area (Å²) in [5.41, 5.74) is 1.18. The Labute approximate surface area is 226 Å². The molecule has 206 valence electrons. The van der Waals surface area contributed by atoms with Crippen LogP contribution < -0.4 is 19.7 Å². The van der Waals surface area contributed by atoms with Crippen molar-refractivity contribution in [2.24, 2.45) is 0 Å². The van der Waals surface area contributed by atoms with Gasteiger partial charge < -0.3 is 29.3 Å². The lowest BCUT2D eigenvalue weighted by atomic mass is 10.1. The third-order valence-electron chi connectivity index (χ3n) is 6.37. The number of aromatic nitrogens is 4. The molecule has 2 aliphatic rings. The van der Waals surface area contributed by atoms with Crippen molar-refractivity contribution in [3.8, 4) is 17.3 Å². The average molecular weight is 536 g/mol. The highest BCUT2D eigenvalue weighted by Gasteiger charge is 2.33. The Bertz CT molecular complexity index is 1310. The van der Waals surface area contributed by atoms with Crippen molar-refractivity contribution in [2.45, 2.75) is 45.4 Å². The predicted molar refractivity (Wildman–Crippen MR) is 142 cm³/mol. The third-order valence-corrected chi connectivity index (χ3v) is 6.37. The molecule has 4 heterocycles. The quantitative estimate of drug-likeness (QED) is 0.507. The molecular formula is C27H33N7O5. The molecule has 3 aromatic rings. The molecule has 1 saturated heterocycles. The summed E-state index contributed by atoms with van der Waals surface area (Å²) in [6, 6.07) is 9.16. The Morgan fingerprint density at radius 1 is 1.08 bits per heavy atom. The number of nitrogens with one attached hydrogen (secondary N) is 1. The summed E-state index contributed by atoms with van der Waals surface area (Å²) >= 11 is 0. The minimum Gasteiger partial charge on any atom is -0.486 e. The maximum Gasteiger partial charge on any atom is 0.410 e. The van der Waals surface area contributed by atoms with Gasteiger partial charge in [-0.15, -0.1) is 5.10 Å². The second kappa shape index (κ2) is 11.2. The molecule has 39 heavy (non-hydrogen) atoms. The fraction of sp³-hybridized carbons (Fsp3) is 0.444. The number of rotatable bonds is 6. The highest BCUT2D eigenvalue weighted by atomic mass is 16.6. The summed E-state index contributed by atoms with van der Waals surface area (Å²) in [4.78, 5) is 34.2. The first-order valence-electron chi connectivity index (χ1n) is 13.0. The molecule has 12 nitrogen and oxygen atoms in total. The fourth-order valence-corrected chi connectivity index (χ4v) is 4.59. The van der Waals surface area contributed by atoms with Crippen molar-refractivity contribution in [3.63, 3.8) is 0 Å². The molecule has 1 fully saturated rings. The van der Waals surface area contributed by atoms with Crippen LogP contribution in [0.4, 0.5) is 10.5 Å². The molecule has 1 atom stereocenters. The van der Waals surface area contributed by atoms with E-state index in [4.69, 9.17) is 14.2 Å². The normalized spacial score (nSPS) is 17.1. The molecule has 0 bridgehead atoms. The minimum absolute atomic E-state index is 0.128. The molecule has 5 rings (SSSR count). The van der Waals surface area contributed by atoms with E-state index in [2.05, 4.69) is 25.5 Å². The topological polar surface area (TPSA) is 124 Å². The fourth-order valence-electron chi connectivity index (χ4n) is 4.59. The Kier molecular flexibility index (Phi) is 7.53. The third kappa shape index (κ3) is 6.57. The van der Waals surface area contributed by atoms with E-state index in [1.54, 1.807) is 28.2 Å². The lowest BCUT2D eigenvalue weighted by Gasteiger charge is -2.42. The molecule has 12 heteroatoms. The molecule has 2 amide bonds. The molecule has 2 aromatic heterocycles. The van der Waals surface area contributed by atoms with E-state index >= 15 is 0 Å². The van der Waals surface area contributed by atoms with Crippen LogP contribution in [0.25, 0.3) is 5.82 Å². The van der Waals surface area contributed by atoms with Gasteiger partial charge in [0, 0.05) is 50.6 Å². The van der Waals surface area contributed by atoms with E-state index < -0.39 is 5.60 Å². The molecule has 1 aromatic carbocycles. The van der Waals surface area contributed by atoms with E-state index in [-0.39, 0.29) is 24.5 Å². The van der Waals surface area contributed by atoms with Crippen LogP contribution in [0, 0.1) is 0 Å². The minimum atomic E-state index is -0.609. The Balaban J connectivity index is 1.30. The summed E-state index contributed by atoms with van der Waals surface area (Å²) in [6.07, 6.45) is 4.80. The predicted octanol–water partition coefficient (Wildman–Crippen LogP) is 2.57. The summed E-state index contributed by atoms with van der Waals surface area (Å²) in [5, 5.41) is 10.9. The molecule has 1 unspecified atom stereocenters. The maximum atomic E-state index is 13.1. The standard InChI is InChI=1S/C27H33N7O5/c1-27(2,3)39-26(36)32-10-11-33(20-6-7-28-24(15-20)34-9-8-30-31-34)21(18-32)16-25(35)29-17-19-4-5-22-23(14-19)38-13-12-37-22/h4-9,14-15,21H,10-13,16-18H2,1-3H3,(H,29,35). The van der Waals surface area contributed by atoms with Crippen LogP contribution in [0.5, 0.6) is 11.5 Å². The van der Waals surface area contributed by atoms with Crippen LogP contribution in [0.15, 0.2) is 48.9 Å². The van der Waals surface area contributed by atoms with Crippen LogP contribution in [0.2, 0.25) is 0 Å².